The SMILES string of the molecule is C[C@@H]1CCc2c(sc3ncn4c(SCc5cc(=O)[nH]c6ccccc56)nnc4c23)C1. The molecule has 1 atom stereocenters. The van der Waals surface area contributed by atoms with Crippen LogP contribution in [0.1, 0.15) is 29.3 Å². The van der Waals surface area contributed by atoms with Crippen LogP contribution in [0.15, 0.2) is 46.6 Å². The van der Waals surface area contributed by atoms with Crippen LogP contribution in [0.5, 0.6) is 0 Å². The molecular formula is C22H19N5OS2. The van der Waals surface area contributed by atoms with Crippen molar-refractivity contribution in [3.63, 3.8) is 0 Å². The zero-order valence-corrected chi connectivity index (χ0v) is 18.0. The van der Waals surface area contributed by atoms with Crippen molar-refractivity contribution in [2.24, 2.45) is 5.92 Å². The summed E-state index contributed by atoms with van der Waals surface area (Å²) in [6.45, 7) is 2.32. The molecule has 0 saturated carbocycles. The summed E-state index contributed by atoms with van der Waals surface area (Å²) >= 11 is 3.39. The quantitative estimate of drug-likeness (QED) is 0.421. The molecule has 8 heteroatoms. The summed E-state index contributed by atoms with van der Waals surface area (Å²) in [7, 11) is 0. The van der Waals surface area contributed by atoms with E-state index in [0.29, 0.717) is 5.75 Å². The fourth-order valence-electron chi connectivity index (χ4n) is 4.36. The van der Waals surface area contributed by atoms with Gasteiger partial charge < -0.3 is 4.98 Å². The van der Waals surface area contributed by atoms with Crippen LogP contribution in [-0.2, 0) is 18.6 Å². The van der Waals surface area contributed by atoms with E-state index in [-0.39, 0.29) is 5.56 Å². The lowest BCUT2D eigenvalue weighted by molar-refractivity contribution is 0.509. The largest absolute Gasteiger partial charge is 0.322 e. The van der Waals surface area contributed by atoms with Crippen molar-refractivity contribution in [3.8, 4) is 0 Å². The van der Waals surface area contributed by atoms with E-state index >= 15 is 0 Å². The third-order valence-corrected chi connectivity index (χ3v) is 8.02. The minimum atomic E-state index is -0.0853. The number of H-pyrrole nitrogens is 1. The van der Waals surface area contributed by atoms with E-state index in [2.05, 4.69) is 22.1 Å². The first kappa shape index (κ1) is 18.1. The predicted octanol–water partition coefficient (Wildman–Crippen LogP) is 4.60. The Labute approximate surface area is 180 Å². The minimum Gasteiger partial charge on any atom is -0.322 e. The highest BCUT2D eigenvalue weighted by molar-refractivity contribution is 7.98. The molecule has 6 nitrogen and oxygen atoms in total. The normalized spacial score (nSPS) is 16.5. The third-order valence-electron chi connectivity index (χ3n) is 5.86. The van der Waals surface area contributed by atoms with Gasteiger partial charge in [-0.25, -0.2) is 4.98 Å². The zero-order valence-electron chi connectivity index (χ0n) is 16.4. The lowest BCUT2D eigenvalue weighted by Gasteiger charge is -2.17. The van der Waals surface area contributed by atoms with Crippen molar-refractivity contribution < 1.29 is 0 Å². The standard InChI is InChI=1S/C22H19N5OS2/c1-12-6-7-15-17(8-12)30-21-19(15)20-25-26-22(27(20)11-23-21)29-10-13-9-18(28)24-16-5-3-2-4-14(13)16/h2-5,9,11-12H,6-8,10H2,1H3,(H,24,28)/t12-/m1/s1. The Bertz CT molecular complexity index is 1480. The van der Waals surface area contributed by atoms with Crippen LogP contribution >= 0.6 is 23.1 Å². The molecule has 1 aliphatic carbocycles. The Balaban J connectivity index is 1.40. The fraction of sp³-hybridized carbons (Fsp3) is 0.273. The first-order valence-electron chi connectivity index (χ1n) is 10.0. The van der Waals surface area contributed by atoms with Gasteiger partial charge in [-0.05, 0) is 42.4 Å². The lowest BCUT2D eigenvalue weighted by atomic mass is 9.89. The monoisotopic (exact) mass is 433 g/mol. The van der Waals surface area contributed by atoms with Gasteiger partial charge in [0.2, 0.25) is 5.56 Å². The maximum absolute atomic E-state index is 12.0. The molecule has 1 aromatic carbocycles. The summed E-state index contributed by atoms with van der Waals surface area (Å²) in [5.74, 6) is 1.37. The molecule has 6 rings (SSSR count). The molecule has 0 unspecified atom stereocenters. The number of aryl methyl sites for hydroxylation is 1. The molecule has 0 spiro atoms. The molecule has 0 fully saturated rings. The number of hydrogen-bond acceptors (Lipinski definition) is 6. The molecule has 1 N–H and O–H groups in total. The average Bonchev–Trinajstić information content (AvgIpc) is 3.31. The highest BCUT2D eigenvalue weighted by Crippen LogP contribution is 2.39. The maximum Gasteiger partial charge on any atom is 0.248 e. The molecule has 1 aliphatic rings. The highest BCUT2D eigenvalue weighted by Gasteiger charge is 2.24. The van der Waals surface area contributed by atoms with E-state index in [1.54, 1.807) is 29.2 Å². The third kappa shape index (κ3) is 2.86. The number of aromatic nitrogens is 5. The second-order valence-electron chi connectivity index (χ2n) is 7.95. The summed E-state index contributed by atoms with van der Waals surface area (Å²) in [5.41, 5.74) is 4.07. The van der Waals surface area contributed by atoms with Gasteiger partial charge in [-0.2, -0.15) is 0 Å². The molecule has 0 amide bonds. The van der Waals surface area contributed by atoms with E-state index in [0.717, 1.165) is 50.9 Å². The van der Waals surface area contributed by atoms with Crippen LogP contribution in [0.3, 0.4) is 0 Å². The van der Waals surface area contributed by atoms with Crippen molar-refractivity contribution >= 4 is 49.9 Å². The van der Waals surface area contributed by atoms with Gasteiger partial charge in [-0.1, -0.05) is 36.9 Å². The van der Waals surface area contributed by atoms with Gasteiger partial charge in [0, 0.05) is 27.6 Å². The smallest absolute Gasteiger partial charge is 0.248 e. The number of nitrogens with zero attached hydrogens (tertiary/aromatic N) is 4. The van der Waals surface area contributed by atoms with Crippen LogP contribution in [0.25, 0.3) is 26.8 Å². The van der Waals surface area contributed by atoms with Crippen LogP contribution in [-0.4, -0.2) is 24.6 Å². The van der Waals surface area contributed by atoms with E-state index in [9.17, 15) is 4.79 Å². The number of nitrogens with one attached hydrogen (secondary N) is 1. The topological polar surface area (TPSA) is 75.9 Å². The van der Waals surface area contributed by atoms with E-state index in [1.807, 2.05) is 35.0 Å². The van der Waals surface area contributed by atoms with Crippen molar-refractivity contribution in [2.75, 3.05) is 0 Å². The van der Waals surface area contributed by atoms with Gasteiger partial charge in [-0.15, -0.1) is 21.5 Å². The lowest BCUT2D eigenvalue weighted by Crippen LogP contribution is -2.08. The summed E-state index contributed by atoms with van der Waals surface area (Å²) < 4.78 is 1.99. The summed E-state index contributed by atoms with van der Waals surface area (Å²) in [5, 5.41) is 12.0. The maximum atomic E-state index is 12.0. The van der Waals surface area contributed by atoms with E-state index in [4.69, 9.17) is 4.98 Å². The first-order valence-corrected chi connectivity index (χ1v) is 11.9. The van der Waals surface area contributed by atoms with Gasteiger partial charge in [0.15, 0.2) is 10.8 Å². The molecule has 0 bridgehead atoms. The second kappa shape index (κ2) is 6.92. The molecule has 0 aliphatic heterocycles. The Morgan fingerprint density at radius 3 is 3.13 bits per heavy atom. The first-order chi connectivity index (χ1) is 14.7. The van der Waals surface area contributed by atoms with Crippen molar-refractivity contribution in [1.29, 1.82) is 0 Å². The Morgan fingerprint density at radius 2 is 2.20 bits per heavy atom. The number of aromatic amines is 1. The van der Waals surface area contributed by atoms with Crippen molar-refractivity contribution in [1.82, 2.24) is 24.6 Å². The van der Waals surface area contributed by atoms with Gasteiger partial charge in [0.1, 0.15) is 11.2 Å². The summed E-state index contributed by atoms with van der Waals surface area (Å²) in [6.07, 6.45) is 5.27. The van der Waals surface area contributed by atoms with Gasteiger partial charge in [-0.3, -0.25) is 9.20 Å². The molecule has 5 aromatic rings. The number of thioether (sulfide) groups is 1. The predicted molar refractivity (Wildman–Crippen MR) is 121 cm³/mol. The van der Waals surface area contributed by atoms with Crippen LogP contribution in [0, 0.1) is 5.92 Å². The number of hydrogen-bond donors (Lipinski definition) is 1. The van der Waals surface area contributed by atoms with E-state index in [1.165, 1.54) is 22.2 Å². The molecular weight excluding hydrogens is 414 g/mol. The number of pyridine rings is 1. The van der Waals surface area contributed by atoms with Crippen molar-refractivity contribution in [3.05, 3.63) is 63.0 Å². The van der Waals surface area contributed by atoms with Crippen LogP contribution in [0.2, 0.25) is 0 Å². The molecule has 0 radical (unpaired) electrons. The van der Waals surface area contributed by atoms with Gasteiger partial charge in [0.05, 0.1) is 5.39 Å². The Morgan fingerprint density at radius 1 is 1.30 bits per heavy atom. The number of thiophene rings is 1. The van der Waals surface area contributed by atoms with E-state index < -0.39 is 0 Å². The summed E-state index contributed by atoms with van der Waals surface area (Å²) in [4.78, 5) is 22.2. The van der Waals surface area contributed by atoms with Crippen LogP contribution in [0.4, 0.5) is 0 Å². The second-order valence-corrected chi connectivity index (χ2v) is 9.97. The zero-order chi connectivity index (χ0) is 20.2. The Kier molecular flexibility index (Phi) is 4.17. The average molecular weight is 434 g/mol. The number of rotatable bonds is 3. The number of fused-ring (bicyclic) bond motifs is 6. The molecule has 30 heavy (non-hydrogen) atoms. The highest BCUT2D eigenvalue weighted by atomic mass is 32.2. The molecule has 0 saturated heterocycles. The minimum absolute atomic E-state index is 0.0853. The molecule has 150 valence electrons. The number of para-hydroxylation sites is 1. The van der Waals surface area contributed by atoms with Crippen LogP contribution < -0.4 is 5.56 Å². The summed E-state index contributed by atoms with van der Waals surface area (Å²) in [6, 6.07) is 9.56. The number of benzene rings is 1. The fourth-order valence-corrected chi connectivity index (χ4v) is 6.60. The van der Waals surface area contributed by atoms with Gasteiger partial charge in [0.25, 0.3) is 0 Å². The molecule has 4 aromatic heterocycles. The Hall–Kier alpha value is -2.71. The van der Waals surface area contributed by atoms with Gasteiger partial charge >= 0.3 is 0 Å². The molecule has 4 heterocycles. The van der Waals surface area contributed by atoms with Crippen molar-refractivity contribution in [2.45, 2.75) is 37.1 Å².